The molecule has 1 unspecified atom stereocenters. The first-order valence-electron chi connectivity index (χ1n) is 8.37. The Labute approximate surface area is 145 Å². The molecule has 0 aliphatic carbocycles. The minimum Gasteiger partial charge on any atom is -0.338 e. The van der Waals surface area contributed by atoms with E-state index in [4.69, 9.17) is 0 Å². The van der Waals surface area contributed by atoms with Gasteiger partial charge < -0.3 is 9.47 Å². The lowest BCUT2D eigenvalue weighted by Crippen LogP contribution is -2.28. The molecule has 4 rings (SSSR count). The number of amides is 1. The summed E-state index contributed by atoms with van der Waals surface area (Å²) in [6, 6.07) is 5.46. The van der Waals surface area contributed by atoms with Gasteiger partial charge >= 0.3 is 0 Å². The number of hydrogen-bond donors (Lipinski definition) is 0. The zero-order valence-corrected chi connectivity index (χ0v) is 14.3. The lowest BCUT2D eigenvalue weighted by atomic mass is 10.1. The Hall–Kier alpha value is -2.96. The van der Waals surface area contributed by atoms with Gasteiger partial charge in [-0.2, -0.15) is 5.10 Å². The number of imidazole rings is 1. The van der Waals surface area contributed by atoms with Crippen molar-refractivity contribution in [3.63, 3.8) is 0 Å². The van der Waals surface area contributed by atoms with E-state index < -0.39 is 0 Å². The lowest BCUT2D eigenvalue weighted by molar-refractivity contribution is 0.0790. The van der Waals surface area contributed by atoms with Crippen molar-refractivity contribution < 1.29 is 4.79 Å². The smallest absolute Gasteiger partial charge is 0.255 e. The standard InChI is InChI=1S/C18H20N6O/c1-13-11-22(2)17(21-13)15-6-9-23(12-15)18(25)14-4-5-16(19-10-14)24-8-3-7-20-24/h3-5,7-8,10-11,15H,6,9,12H2,1-2H3. The highest BCUT2D eigenvalue weighted by Crippen LogP contribution is 2.27. The largest absolute Gasteiger partial charge is 0.338 e. The Kier molecular flexibility index (Phi) is 3.83. The second-order valence-electron chi connectivity index (χ2n) is 6.44. The van der Waals surface area contributed by atoms with Gasteiger partial charge in [-0.3, -0.25) is 4.79 Å². The molecule has 0 radical (unpaired) electrons. The average Bonchev–Trinajstić information content (AvgIpc) is 3.35. The van der Waals surface area contributed by atoms with Crippen LogP contribution in [0.1, 0.15) is 34.2 Å². The summed E-state index contributed by atoms with van der Waals surface area (Å²) in [4.78, 5) is 23.6. The van der Waals surface area contributed by atoms with Crippen molar-refractivity contribution in [2.75, 3.05) is 13.1 Å². The van der Waals surface area contributed by atoms with Gasteiger partial charge in [0.05, 0.1) is 11.3 Å². The molecule has 1 aliphatic rings. The SMILES string of the molecule is Cc1cn(C)c(C2CCN(C(=O)c3ccc(-n4cccn4)nc3)C2)n1. The number of carbonyl (C=O) groups is 1. The molecule has 4 heterocycles. The number of likely N-dealkylation sites (tertiary alicyclic amines) is 1. The molecule has 0 saturated carbocycles. The molecule has 0 N–H and O–H groups in total. The molecule has 0 aromatic carbocycles. The highest BCUT2D eigenvalue weighted by Gasteiger charge is 2.30. The molecule has 1 saturated heterocycles. The summed E-state index contributed by atoms with van der Waals surface area (Å²) >= 11 is 0. The molecule has 3 aromatic rings. The molecule has 1 fully saturated rings. The van der Waals surface area contributed by atoms with Crippen molar-refractivity contribution in [1.82, 2.24) is 29.2 Å². The van der Waals surface area contributed by atoms with Crippen LogP contribution in [0, 0.1) is 6.92 Å². The first-order chi connectivity index (χ1) is 12.1. The number of aryl methyl sites for hydroxylation is 2. The van der Waals surface area contributed by atoms with E-state index in [2.05, 4.69) is 19.6 Å². The summed E-state index contributed by atoms with van der Waals surface area (Å²) in [5.41, 5.74) is 1.62. The molecule has 25 heavy (non-hydrogen) atoms. The maximum atomic E-state index is 12.7. The van der Waals surface area contributed by atoms with Crippen LogP contribution in [0.15, 0.2) is 43.0 Å². The Morgan fingerprint density at radius 2 is 2.20 bits per heavy atom. The second-order valence-corrected chi connectivity index (χ2v) is 6.44. The van der Waals surface area contributed by atoms with E-state index in [1.165, 1.54) is 0 Å². The number of aromatic nitrogens is 5. The molecule has 7 nitrogen and oxygen atoms in total. The van der Waals surface area contributed by atoms with Crippen LogP contribution >= 0.6 is 0 Å². The third-order valence-corrected chi connectivity index (χ3v) is 4.61. The van der Waals surface area contributed by atoms with E-state index in [0.717, 1.165) is 24.5 Å². The van der Waals surface area contributed by atoms with Crippen molar-refractivity contribution in [2.45, 2.75) is 19.3 Å². The van der Waals surface area contributed by atoms with E-state index in [9.17, 15) is 4.79 Å². The quantitative estimate of drug-likeness (QED) is 0.733. The number of rotatable bonds is 3. The molecule has 1 amide bonds. The molecule has 128 valence electrons. The zero-order chi connectivity index (χ0) is 17.4. The van der Waals surface area contributed by atoms with Gasteiger partial charge in [-0.05, 0) is 31.5 Å². The first kappa shape index (κ1) is 15.6. The van der Waals surface area contributed by atoms with E-state index in [1.54, 1.807) is 17.1 Å². The molecular formula is C18H20N6O. The fourth-order valence-corrected chi connectivity index (χ4v) is 3.40. The number of carbonyl (C=O) groups excluding carboxylic acids is 1. The van der Waals surface area contributed by atoms with Crippen LogP contribution in [-0.2, 0) is 7.05 Å². The van der Waals surface area contributed by atoms with Gasteiger partial charge in [0, 0.05) is 50.8 Å². The van der Waals surface area contributed by atoms with Crippen molar-refractivity contribution in [3.8, 4) is 5.82 Å². The Morgan fingerprint density at radius 3 is 2.84 bits per heavy atom. The molecule has 1 atom stereocenters. The summed E-state index contributed by atoms with van der Waals surface area (Å²) in [7, 11) is 2.01. The van der Waals surface area contributed by atoms with Gasteiger partial charge in [0.25, 0.3) is 5.91 Å². The maximum absolute atomic E-state index is 12.7. The minimum atomic E-state index is 0.0212. The lowest BCUT2D eigenvalue weighted by Gasteiger charge is -2.16. The predicted octanol–water partition coefficient (Wildman–Crippen LogP) is 1.94. The summed E-state index contributed by atoms with van der Waals surface area (Å²) in [5, 5.41) is 4.14. The fourth-order valence-electron chi connectivity index (χ4n) is 3.40. The van der Waals surface area contributed by atoms with E-state index >= 15 is 0 Å². The molecule has 0 spiro atoms. The summed E-state index contributed by atoms with van der Waals surface area (Å²) in [6.45, 7) is 3.44. The van der Waals surface area contributed by atoms with Gasteiger partial charge in [0.15, 0.2) is 5.82 Å². The van der Waals surface area contributed by atoms with Crippen LogP contribution in [0.25, 0.3) is 5.82 Å². The Bertz CT molecular complexity index is 881. The van der Waals surface area contributed by atoms with Crippen LogP contribution in [0.2, 0.25) is 0 Å². The first-order valence-corrected chi connectivity index (χ1v) is 8.37. The topological polar surface area (TPSA) is 68.8 Å². The van der Waals surface area contributed by atoms with Crippen molar-refractivity contribution in [1.29, 1.82) is 0 Å². The van der Waals surface area contributed by atoms with Gasteiger partial charge in [-0.1, -0.05) is 0 Å². The highest BCUT2D eigenvalue weighted by molar-refractivity contribution is 5.94. The highest BCUT2D eigenvalue weighted by atomic mass is 16.2. The molecular weight excluding hydrogens is 316 g/mol. The molecule has 7 heteroatoms. The predicted molar refractivity (Wildman–Crippen MR) is 92.6 cm³/mol. The molecule has 0 bridgehead atoms. The van der Waals surface area contributed by atoms with Crippen LogP contribution in [-0.4, -0.2) is 48.2 Å². The van der Waals surface area contributed by atoms with Crippen molar-refractivity contribution in [3.05, 3.63) is 60.1 Å². The maximum Gasteiger partial charge on any atom is 0.255 e. The summed E-state index contributed by atoms with van der Waals surface area (Å²) < 4.78 is 3.73. The van der Waals surface area contributed by atoms with Gasteiger partial charge in [0.1, 0.15) is 5.82 Å². The van der Waals surface area contributed by atoms with Gasteiger partial charge in [0.2, 0.25) is 0 Å². The van der Waals surface area contributed by atoms with Gasteiger partial charge in [-0.15, -0.1) is 0 Å². The van der Waals surface area contributed by atoms with E-state index in [0.29, 0.717) is 23.8 Å². The zero-order valence-electron chi connectivity index (χ0n) is 14.3. The normalized spacial score (nSPS) is 17.2. The Balaban J connectivity index is 1.47. The third kappa shape index (κ3) is 2.93. The number of pyridine rings is 1. The Morgan fingerprint density at radius 1 is 1.32 bits per heavy atom. The van der Waals surface area contributed by atoms with Crippen molar-refractivity contribution in [2.24, 2.45) is 7.05 Å². The minimum absolute atomic E-state index is 0.0212. The molecule has 1 aliphatic heterocycles. The van der Waals surface area contributed by atoms with Crippen LogP contribution in [0.4, 0.5) is 0 Å². The van der Waals surface area contributed by atoms with Crippen molar-refractivity contribution >= 4 is 5.91 Å². The average molecular weight is 336 g/mol. The van der Waals surface area contributed by atoms with E-state index in [1.807, 2.05) is 49.5 Å². The van der Waals surface area contributed by atoms with Crippen LogP contribution in [0.5, 0.6) is 0 Å². The van der Waals surface area contributed by atoms with E-state index in [-0.39, 0.29) is 5.91 Å². The van der Waals surface area contributed by atoms with Crippen LogP contribution in [0.3, 0.4) is 0 Å². The second kappa shape index (κ2) is 6.16. The monoisotopic (exact) mass is 336 g/mol. The number of hydrogen-bond acceptors (Lipinski definition) is 4. The molecule has 3 aromatic heterocycles. The summed E-state index contributed by atoms with van der Waals surface area (Å²) in [5.74, 6) is 2.07. The number of nitrogens with zero attached hydrogens (tertiary/aromatic N) is 6. The summed E-state index contributed by atoms with van der Waals surface area (Å²) in [6.07, 6.45) is 8.11. The van der Waals surface area contributed by atoms with Crippen LogP contribution < -0.4 is 0 Å². The fraction of sp³-hybridized carbons (Fsp3) is 0.333. The van der Waals surface area contributed by atoms with Gasteiger partial charge in [-0.25, -0.2) is 14.6 Å². The third-order valence-electron chi connectivity index (χ3n) is 4.61.